The van der Waals surface area contributed by atoms with Crippen molar-refractivity contribution in [2.24, 2.45) is 4.99 Å². The summed E-state index contributed by atoms with van der Waals surface area (Å²) in [6.07, 6.45) is 0.508. The van der Waals surface area contributed by atoms with Crippen molar-refractivity contribution >= 4 is 28.9 Å². The average Bonchev–Trinajstić information content (AvgIpc) is 2.82. The second kappa shape index (κ2) is 7.96. The molecule has 1 N–H and O–H groups in total. The summed E-state index contributed by atoms with van der Waals surface area (Å²) in [5, 5.41) is 10.3. The number of likely N-dealkylation sites (N-methyl/N-ethyl adjacent to an activating group) is 1. The fraction of sp³-hybridized carbons (Fsp3) is 0.200. The van der Waals surface area contributed by atoms with Crippen LogP contribution in [0.25, 0.3) is 0 Å². The number of fused-ring (bicyclic) bond motifs is 1. The van der Waals surface area contributed by atoms with Crippen molar-refractivity contribution in [3.63, 3.8) is 0 Å². The lowest BCUT2D eigenvalue weighted by Gasteiger charge is -2.20. The number of aromatic hydroxyl groups is 1. The van der Waals surface area contributed by atoms with E-state index in [0.29, 0.717) is 17.2 Å². The first-order valence-electron chi connectivity index (χ1n) is 9.84. The minimum atomic E-state index is -0.563. The molecule has 0 radical (unpaired) electrons. The van der Waals surface area contributed by atoms with Crippen LogP contribution in [-0.4, -0.2) is 29.8 Å². The molecule has 4 rings (SSSR count). The van der Waals surface area contributed by atoms with Gasteiger partial charge in [-0.25, -0.2) is 0 Å². The second-order valence-corrected chi connectivity index (χ2v) is 8.16. The molecule has 0 aliphatic carbocycles. The smallest absolute Gasteiger partial charge is 0.251 e. The van der Waals surface area contributed by atoms with Gasteiger partial charge in [0.25, 0.3) is 5.91 Å². The summed E-state index contributed by atoms with van der Waals surface area (Å²) in [5.74, 6) is 0.116. The Kier molecular flexibility index (Phi) is 5.35. The Balaban J connectivity index is 1.85. The quantitative estimate of drug-likeness (QED) is 0.644. The van der Waals surface area contributed by atoms with Gasteiger partial charge in [0, 0.05) is 29.6 Å². The van der Waals surface area contributed by atoms with E-state index in [-0.39, 0.29) is 11.7 Å². The lowest BCUT2D eigenvalue weighted by molar-refractivity contribution is -0.119. The number of amides is 1. The van der Waals surface area contributed by atoms with Gasteiger partial charge < -0.3 is 10.0 Å². The molecule has 0 spiro atoms. The minimum absolute atomic E-state index is 0.0643. The number of benzene rings is 3. The van der Waals surface area contributed by atoms with Crippen LogP contribution in [0.5, 0.6) is 5.75 Å². The van der Waals surface area contributed by atoms with Gasteiger partial charge in [-0.1, -0.05) is 29.8 Å². The van der Waals surface area contributed by atoms with Crippen molar-refractivity contribution in [2.75, 3.05) is 11.9 Å². The molecule has 0 saturated carbocycles. The van der Waals surface area contributed by atoms with Gasteiger partial charge in [0.2, 0.25) is 0 Å². The Hall–Kier alpha value is -3.11. The van der Waals surface area contributed by atoms with Crippen LogP contribution in [0.1, 0.15) is 27.8 Å². The number of aryl methyl sites for hydroxylation is 2. The van der Waals surface area contributed by atoms with Gasteiger partial charge in [-0.15, -0.1) is 0 Å². The highest BCUT2D eigenvalue weighted by molar-refractivity contribution is 6.32. The number of carbonyl (C=O) groups is 1. The number of carbonyl (C=O) groups excluding carboxylic acids is 1. The lowest BCUT2D eigenvalue weighted by Crippen LogP contribution is -2.36. The van der Waals surface area contributed by atoms with Crippen molar-refractivity contribution in [1.29, 1.82) is 0 Å². The highest BCUT2D eigenvalue weighted by Gasteiger charge is 2.30. The van der Waals surface area contributed by atoms with Crippen LogP contribution in [-0.2, 0) is 11.2 Å². The minimum Gasteiger partial charge on any atom is -0.508 e. The van der Waals surface area contributed by atoms with Crippen LogP contribution in [0.15, 0.2) is 65.7 Å². The summed E-state index contributed by atoms with van der Waals surface area (Å²) in [6, 6.07) is 18.0. The van der Waals surface area contributed by atoms with Gasteiger partial charge in [0.15, 0.2) is 0 Å². The summed E-state index contributed by atoms with van der Waals surface area (Å²) in [6.45, 7) is 4.15. The van der Waals surface area contributed by atoms with Crippen molar-refractivity contribution in [1.82, 2.24) is 0 Å². The van der Waals surface area contributed by atoms with Crippen LogP contribution in [0.4, 0.5) is 5.69 Å². The van der Waals surface area contributed by atoms with E-state index in [9.17, 15) is 9.90 Å². The molecule has 1 atom stereocenters. The third kappa shape index (κ3) is 3.83. The summed E-state index contributed by atoms with van der Waals surface area (Å²) in [7, 11) is 1.78. The van der Waals surface area contributed by atoms with Gasteiger partial charge in [0.1, 0.15) is 11.8 Å². The van der Waals surface area contributed by atoms with Crippen LogP contribution in [0.2, 0.25) is 5.02 Å². The molecule has 3 aromatic rings. The highest BCUT2D eigenvalue weighted by atomic mass is 35.5. The maximum atomic E-state index is 13.3. The number of benzodiazepines with no additional fused rings is 1. The SMILES string of the molecule is Cc1ccc(CC2N=C(c3ccc(O)cc3)c3cc(Cl)ccc3N(C)C2=O)cc1C. The Morgan fingerprint density at radius 2 is 1.73 bits per heavy atom. The summed E-state index contributed by atoms with van der Waals surface area (Å²) < 4.78 is 0. The van der Waals surface area contributed by atoms with E-state index in [1.807, 2.05) is 24.3 Å². The first-order valence-corrected chi connectivity index (χ1v) is 10.2. The number of hydrogen-bond donors (Lipinski definition) is 1. The zero-order valence-electron chi connectivity index (χ0n) is 17.2. The van der Waals surface area contributed by atoms with Crippen LogP contribution in [0, 0.1) is 13.8 Å². The monoisotopic (exact) mass is 418 g/mol. The van der Waals surface area contributed by atoms with Crippen molar-refractivity contribution in [2.45, 2.75) is 26.3 Å². The molecule has 5 heteroatoms. The number of nitrogens with zero attached hydrogens (tertiary/aromatic N) is 2. The fourth-order valence-corrected chi connectivity index (χ4v) is 3.92. The molecular formula is C25H23ClN2O2. The Morgan fingerprint density at radius 3 is 2.43 bits per heavy atom. The Morgan fingerprint density at radius 1 is 1.00 bits per heavy atom. The Bertz CT molecular complexity index is 1150. The summed E-state index contributed by atoms with van der Waals surface area (Å²) >= 11 is 6.29. The normalized spacial score (nSPS) is 16.1. The van der Waals surface area contributed by atoms with Gasteiger partial charge >= 0.3 is 0 Å². The number of phenolic OH excluding ortho intramolecular Hbond substituents is 1. The van der Waals surface area contributed by atoms with E-state index in [1.54, 1.807) is 30.1 Å². The molecule has 0 saturated heterocycles. The molecular weight excluding hydrogens is 396 g/mol. The van der Waals surface area contributed by atoms with Crippen molar-refractivity contribution in [3.8, 4) is 5.75 Å². The topological polar surface area (TPSA) is 52.9 Å². The van der Waals surface area contributed by atoms with E-state index in [1.165, 1.54) is 11.1 Å². The predicted octanol–water partition coefficient (Wildman–Crippen LogP) is 5.09. The maximum Gasteiger partial charge on any atom is 0.251 e. The molecule has 1 aliphatic rings. The van der Waals surface area contributed by atoms with Crippen LogP contribution < -0.4 is 4.90 Å². The summed E-state index contributed by atoms with van der Waals surface area (Å²) in [4.78, 5) is 19.9. The first kappa shape index (κ1) is 20.2. The molecule has 1 aliphatic heterocycles. The van der Waals surface area contributed by atoms with E-state index >= 15 is 0 Å². The zero-order chi connectivity index (χ0) is 21.4. The zero-order valence-corrected chi connectivity index (χ0v) is 17.9. The average molecular weight is 419 g/mol. The third-order valence-electron chi connectivity index (χ3n) is 5.62. The summed E-state index contributed by atoms with van der Waals surface area (Å²) in [5.41, 5.74) is 6.56. The van der Waals surface area contributed by atoms with E-state index in [4.69, 9.17) is 16.6 Å². The van der Waals surface area contributed by atoms with Crippen LogP contribution >= 0.6 is 11.6 Å². The largest absolute Gasteiger partial charge is 0.508 e. The van der Waals surface area contributed by atoms with Gasteiger partial charge in [0.05, 0.1) is 11.4 Å². The number of halogens is 1. The number of hydrogen-bond acceptors (Lipinski definition) is 3. The van der Waals surface area contributed by atoms with Crippen molar-refractivity contribution < 1.29 is 9.90 Å². The molecule has 4 nitrogen and oxygen atoms in total. The van der Waals surface area contributed by atoms with Crippen LogP contribution in [0.3, 0.4) is 0 Å². The lowest BCUT2D eigenvalue weighted by atomic mass is 9.99. The highest BCUT2D eigenvalue weighted by Crippen LogP contribution is 2.31. The molecule has 1 amide bonds. The third-order valence-corrected chi connectivity index (χ3v) is 5.85. The molecule has 3 aromatic carbocycles. The molecule has 152 valence electrons. The first-order chi connectivity index (χ1) is 14.3. The van der Waals surface area contributed by atoms with E-state index in [2.05, 4.69) is 32.0 Å². The molecule has 30 heavy (non-hydrogen) atoms. The number of rotatable bonds is 3. The van der Waals surface area contributed by atoms with E-state index < -0.39 is 6.04 Å². The van der Waals surface area contributed by atoms with Gasteiger partial charge in [-0.2, -0.15) is 0 Å². The molecule has 1 unspecified atom stereocenters. The fourth-order valence-electron chi connectivity index (χ4n) is 3.75. The molecule has 0 aromatic heterocycles. The standard InChI is InChI=1S/C25H23ClN2O2/c1-15-4-5-17(12-16(15)2)13-22-25(30)28(3)23-11-8-19(26)14-21(23)24(27-22)18-6-9-20(29)10-7-18/h4-12,14,22,29H,13H2,1-3H3. The van der Waals surface area contributed by atoms with Crippen molar-refractivity contribution in [3.05, 3.63) is 93.5 Å². The van der Waals surface area contributed by atoms with E-state index in [0.717, 1.165) is 22.4 Å². The molecule has 0 bridgehead atoms. The maximum absolute atomic E-state index is 13.3. The number of phenols is 1. The van der Waals surface area contributed by atoms with Gasteiger partial charge in [-0.05, 0) is 73.0 Å². The molecule has 1 heterocycles. The molecule has 0 fully saturated rings. The number of aliphatic imine (C=N–C) groups is 1. The van der Waals surface area contributed by atoms with Gasteiger partial charge in [-0.3, -0.25) is 9.79 Å². The second-order valence-electron chi connectivity index (χ2n) is 7.72. The number of anilines is 1. The Labute approximate surface area is 181 Å². The predicted molar refractivity (Wildman–Crippen MR) is 122 cm³/mol.